The Balaban J connectivity index is 2.80. The van der Waals surface area contributed by atoms with Gasteiger partial charge in [-0.25, -0.2) is 4.79 Å². The van der Waals surface area contributed by atoms with Crippen molar-refractivity contribution in [1.29, 1.82) is 0 Å². The highest BCUT2D eigenvalue weighted by Gasteiger charge is 2.20. The molecule has 0 saturated carbocycles. The van der Waals surface area contributed by atoms with Crippen molar-refractivity contribution < 1.29 is 9.90 Å². The Morgan fingerprint density at radius 3 is 2.52 bits per heavy atom. The molecule has 1 heterocycles. The van der Waals surface area contributed by atoms with Crippen LogP contribution in [-0.2, 0) is 13.0 Å². The average Bonchev–Trinajstić information content (AvgIpc) is 2.69. The number of hydrogen-bond acceptors (Lipinski definition) is 3. The molecule has 0 saturated heterocycles. The van der Waals surface area contributed by atoms with Gasteiger partial charge in [-0.2, -0.15) is 0 Å². The minimum atomic E-state index is -0.890. The molecule has 0 aliphatic heterocycles. The molecular weight excluding hydrogens is 266 g/mol. The van der Waals surface area contributed by atoms with Crippen LogP contribution in [0.25, 0.3) is 10.9 Å². The predicted octanol–water partition coefficient (Wildman–Crippen LogP) is 1.81. The van der Waals surface area contributed by atoms with Gasteiger partial charge in [0.2, 0.25) is 0 Å². The number of aromatic carboxylic acids is 1. The van der Waals surface area contributed by atoms with Crippen molar-refractivity contribution >= 4 is 16.9 Å². The SMILES string of the molecule is Cc1ccc2c(CCCN)c(C)n(CCN)c2c1C(=O)O. The first-order chi connectivity index (χ1) is 10.0. The molecule has 0 fully saturated rings. The van der Waals surface area contributed by atoms with Gasteiger partial charge in [-0.3, -0.25) is 0 Å². The summed E-state index contributed by atoms with van der Waals surface area (Å²) in [7, 11) is 0. The van der Waals surface area contributed by atoms with E-state index in [0.717, 1.165) is 35.0 Å². The fourth-order valence-corrected chi connectivity index (χ4v) is 3.01. The zero-order chi connectivity index (χ0) is 15.6. The first-order valence-corrected chi connectivity index (χ1v) is 7.27. The summed E-state index contributed by atoms with van der Waals surface area (Å²) in [5, 5.41) is 10.6. The number of nitrogens with zero attached hydrogens (tertiary/aromatic N) is 1. The number of aryl methyl sites for hydroxylation is 2. The maximum absolute atomic E-state index is 11.7. The van der Waals surface area contributed by atoms with Crippen LogP contribution in [-0.4, -0.2) is 28.7 Å². The lowest BCUT2D eigenvalue weighted by atomic mass is 10.0. The molecule has 0 aliphatic rings. The van der Waals surface area contributed by atoms with Crippen molar-refractivity contribution in [2.45, 2.75) is 33.2 Å². The number of carbonyl (C=O) groups is 1. The molecular formula is C16H23N3O2. The Bertz CT molecular complexity index is 674. The van der Waals surface area contributed by atoms with Crippen LogP contribution < -0.4 is 11.5 Å². The first-order valence-electron chi connectivity index (χ1n) is 7.27. The Kier molecular flexibility index (Phi) is 4.65. The topological polar surface area (TPSA) is 94.3 Å². The van der Waals surface area contributed by atoms with Gasteiger partial charge >= 0.3 is 5.97 Å². The fraction of sp³-hybridized carbons (Fsp3) is 0.438. The minimum Gasteiger partial charge on any atom is -0.478 e. The molecule has 21 heavy (non-hydrogen) atoms. The third-order valence-electron chi connectivity index (χ3n) is 4.02. The van der Waals surface area contributed by atoms with E-state index in [0.29, 0.717) is 25.2 Å². The van der Waals surface area contributed by atoms with Crippen LogP contribution in [0, 0.1) is 13.8 Å². The molecule has 1 aromatic heterocycles. The molecule has 0 unspecified atom stereocenters. The molecule has 0 radical (unpaired) electrons. The van der Waals surface area contributed by atoms with Crippen molar-refractivity contribution in [2.24, 2.45) is 11.5 Å². The van der Waals surface area contributed by atoms with Crippen molar-refractivity contribution in [2.75, 3.05) is 13.1 Å². The molecule has 114 valence electrons. The standard InChI is InChI=1S/C16H23N3O2/c1-10-5-6-13-12(4-3-7-17)11(2)19(9-8-18)15(13)14(10)16(20)21/h5-6H,3-4,7-9,17-18H2,1-2H3,(H,20,21). The summed E-state index contributed by atoms with van der Waals surface area (Å²) in [6, 6.07) is 3.90. The number of hydrogen-bond donors (Lipinski definition) is 3. The lowest BCUT2D eigenvalue weighted by Gasteiger charge is -2.10. The number of carboxylic acid groups (broad SMARTS) is 1. The normalized spacial score (nSPS) is 11.2. The van der Waals surface area contributed by atoms with Gasteiger partial charge in [0.25, 0.3) is 0 Å². The largest absolute Gasteiger partial charge is 0.478 e. The van der Waals surface area contributed by atoms with E-state index in [4.69, 9.17) is 11.5 Å². The molecule has 0 amide bonds. The third kappa shape index (κ3) is 2.66. The van der Waals surface area contributed by atoms with E-state index in [-0.39, 0.29) is 0 Å². The van der Waals surface area contributed by atoms with E-state index >= 15 is 0 Å². The summed E-state index contributed by atoms with van der Waals surface area (Å²) < 4.78 is 2.04. The van der Waals surface area contributed by atoms with E-state index in [1.807, 2.05) is 30.5 Å². The summed E-state index contributed by atoms with van der Waals surface area (Å²) in [6.07, 6.45) is 1.75. The second-order valence-corrected chi connectivity index (χ2v) is 5.36. The predicted molar refractivity (Wildman–Crippen MR) is 84.8 cm³/mol. The molecule has 1 aromatic carbocycles. The van der Waals surface area contributed by atoms with Crippen LogP contribution in [0.4, 0.5) is 0 Å². The van der Waals surface area contributed by atoms with E-state index in [2.05, 4.69) is 0 Å². The second-order valence-electron chi connectivity index (χ2n) is 5.36. The van der Waals surface area contributed by atoms with Crippen molar-refractivity contribution in [1.82, 2.24) is 4.57 Å². The maximum atomic E-state index is 11.7. The molecule has 0 spiro atoms. The van der Waals surface area contributed by atoms with Gasteiger partial charge in [0.15, 0.2) is 0 Å². The Labute approximate surface area is 124 Å². The Morgan fingerprint density at radius 2 is 1.95 bits per heavy atom. The number of nitrogens with two attached hydrogens (primary N) is 2. The number of aromatic nitrogens is 1. The molecule has 0 aliphatic carbocycles. The molecule has 0 atom stereocenters. The van der Waals surface area contributed by atoms with Gasteiger partial charge in [0.1, 0.15) is 0 Å². The first kappa shape index (κ1) is 15.5. The molecule has 2 aromatic rings. The number of benzene rings is 1. The van der Waals surface area contributed by atoms with Crippen LogP contribution >= 0.6 is 0 Å². The van der Waals surface area contributed by atoms with Gasteiger partial charge in [-0.1, -0.05) is 12.1 Å². The summed E-state index contributed by atoms with van der Waals surface area (Å²) in [5.74, 6) is -0.890. The highest BCUT2D eigenvalue weighted by Crippen LogP contribution is 2.31. The van der Waals surface area contributed by atoms with E-state index in [1.165, 1.54) is 5.56 Å². The summed E-state index contributed by atoms with van der Waals surface area (Å²) in [6.45, 7) is 5.59. The number of fused-ring (bicyclic) bond motifs is 1. The van der Waals surface area contributed by atoms with Crippen molar-refractivity contribution in [3.8, 4) is 0 Å². The quantitative estimate of drug-likeness (QED) is 0.756. The van der Waals surface area contributed by atoms with Gasteiger partial charge in [-0.15, -0.1) is 0 Å². The smallest absolute Gasteiger partial charge is 0.338 e. The van der Waals surface area contributed by atoms with Crippen molar-refractivity contribution in [3.05, 3.63) is 34.5 Å². The zero-order valence-electron chi connectivity index (χ0n) is 12.6. The fourth-order valence-electron chi connectivity index (χ4n) is 3.01. The third-order valence-corrected chi connectivity index (χ3v) is 4.02. The molecule has 5 heteroatoms. The highest BCUT2D eigenvalue weighted by atomic mass is 16.4. The lowest BCUT2D eigenvalue weighted by Crippen LogP contribution is -2.13. The minimum absolute atomic E-state index is 0.378. The summed E-state index contributed by atoms with van der Waals surface area (Å²) in [4.78, 5) is 11.7. The monoisotopic (exact) mass is 289 g/mol. The van der Waals surface area contributed by atoms with Crippen LogP contribution in [0.5, 0.6) is 0 Å². The van der Waals surface area contributed by atoms with E-state index in [1.54, 1.807) is 0 Å². The Hall–Kier alpha value is -1.85. The number of rotatable bonds is 6. The van der Waals surface area contributed by atoms with Crippen LogP contribution in [0.15, 0.2) is 12.1 Å². The molecule has 5 nitrogen and oxygen atoms in total. The van der Waals surface area contributed by atoms with E-state index < -0.39 is 5.97 Å². The summed E-state index contributed by atoms with van der Waals surface area (Å²) in [5.41, 5.74) is 15.5. The molecule has 2 rings (SSSR count). The van der Waals surface area contributed by atoms with Gasteiger partial charge in [0, 0.05) is 24.2 Å². The van der Waals surface area contributed by atoms with Crippen molar-refractivity contribution in [3.63, 3.8) is 0 Å². The maximum Gasteiger partial charge on any atom is 0.338 e. The average molecular weight is 289 g/mol. The van der Waals surface area contributed by atoms with Crippen LogP contribution in [0.2, 0.25) is 0 Å². The van der Waals surface area contributed by atoms with E-state index in [9.17, 15) is 9.90 Å². The molecule has 5 N–H and O–H groups in total. The van der Waals surface area contributed by atoms with Gasteiger partial charge in [0.05, 0.1) is 11.1 Å². The zero-order valence-corrected chi connectivity index (χ0v) is 12.6. The van der Waals surface area contributed by atoms with Crippen LogP contribution in [0.3, 0.4) is 0 Å². The van der Waals surface area contributed by atoms with Crippen LogP contribution in [0.1, 0.15) is 33.6 Å². The second kappa shape index (κ2) is 6.28. The van der Waals surface area contributed by atoms with Gasteiger partial charge < -0.3 is 21.1 Å². The Morgan fingerprint density at radius 1 is 1.24 bits per heavy atom. The lowest BCUT2D eigenvalue weighted by molar-refractivity contribution is 0.0698. The number of carboxylic acids is 1. The van der Waals surface area contributed by atoms with Gasteiger partial charge in [-0.05, 0) is 44.4 Å². The molecule has 0 bridgehead atoms. The summed E-state index contributed by atoms with van der Waals surface area (Å²) >= 11 is 0. The highest BCUT2D eigenvalue weighted by molar-refractivity contribution is 6.05.